The average molecular weight is 368 g/mol. The fraction of sp³-hybridized carbons (Fsp3) is 0.542. The Kier molecular flexibility index (Phi) is 7.14. The van der Waals surface area contributed by atoms with E-state index in [2.05, 4.69) is 59.7 Å². The molecule has 0 saturated carbocycles. The standard InChI is InChI=1S/C24H34N2O/c1-3-5-7-9-15-25-17-11-13-22(25)20-19-21(24(20)27)23-14-12-18-26(23)16-10-8-6-4-2/h11-14,17-18H,3-10,15-16,19H2,1-2H3/p+1. The number of hydrogen-bond donors (Lipinski definition) is 1. The quantitative estimate of drug-likeness (QED) is 0.364. The minimum absolute atomic E-state index is 0.497. The van der Waals surface area contributed by atoms with Crippen LogP contribution in [0.25, 0.3) is 5.57 Å². The number of aliphatic hydroxyl groups excluding tert-OH is 1. The highest BCUT2D eigenvalue weighted by Crippen LogP contribution is 2.42. The highest BCUT2D eigenvalue weighted by atomic mass is 16.3. The number of aromatic nitrogens is 1. The maximum atomic E-state index is 10.8. The molecule has 0 fully saturated rings. The first-order valence-electron chi connectivity index (χ1n) is 10.9. The van der Waals surface area contributed by atoms with Gasteiger partial charge in [0, 0.05) is 49.0 Å². The van der Waals surface area contributed by atoms with Gasteiger partial charge in [0.1, 0.15) is 12.3 Å². The third kappa shape index (κ3) is 4.63. The summed E-state index contributed by atoms with van der Waals surface area (Å²) in [6.07, 6.45) is 19.5. The summed E-state index contributed by atoms with van der Waals surface area (Å²) in [6.45, 7) is 6.58. The average Bonchev–Trinajstić information content (AvgIpc) is 3.31. The largest absolute Gasteiger partial charge is 0.507 e. The molecule has 0 unspecified atom stereocenters. The Morgan fingerprint density at radius 1 is 1.00 bits per heavy atom. The zero-order valence-corrected chi connectivity index (χ0v) is 17.1. The van der Waals surface area contributed by atoms with Gasteiger partial charge in [-0.05, 0) is 25.0 Å². The van der Waals surface area contributed by atoms with Gasteiger partial charge in [0.2, 0.25) is 5.70 Å². The van der Waals surface area contributed by atoms with Crippen LogP contribution in [0.3, 0.4) is 0 Å². The van der Waals surface area contributed by atoms with E-state index in [4.69, 9.17) is 0 Å². The van der Waals surface area contributed by atoms with Crippen LogP contribution in [0.5, 0.6) is 0 Å². The van der Waals surface area contributed by atoms with Gasteiger partial charge < -0.3 is 9.67 Å². The second kappa shape index (κ2) is 9.77. The van der Waals surface area contributed by atoms with Gasteiger partial charge in [-0.1, -0.05) is 46.0 Å². The molecule has 0 saturated heterocycles. The van der Waals surface area contributed by atoms with Crippen molar-refractivity contribution in [3.05, 3.63) is 53.2 Å². The lowest BCUT2D eigenvalue weighted by molar-refractivity contribution is -0.465. The minimum Gasteiger partial charge on any atom is -0.507 e. The molecule has 3 heteroatoms. The van der Waals surface area contributed by atoms with Crippen molar-refractivity contribution >= 4 is 11.8 Å². The fourth-order valence-electron chi connectivity index (χ4n) is 4.03. The van der Waals surface area contributed by atoms with Crippen molar-refractivity contribution in [3.63, 3.8) is 0 Å². The number of hydrogen-bond acceptors (Lipinski definition) is 1. The van der Waals surface area contributed by atoms with Crippen LogP contribution in [0.4, 0.5) is 0 Å². The lowest BCUT2D eigenvalue weighted by Crippen LogP contribution is -2.18. The van der Waals surface area contributed by atoms with Crippen molar-refractivity contribution < 1.29 is 9.68 Å². The summed E-state index contributed by atoms with van der Waals surface area (Å²) in [5.41, 5.74) is 4.58. The topological polar surface area (TPSA) is 28.2 Å². The highest BCUT2D eigenvalue weighted by molar-refractivity contribution is 5.81. The summed E-state index contributed by atoms with van der Waals surface area (Å²) in [7, 11) is 0. The van der Waals surface area contributed by atoms with Crippen molar-refractivity contribution in [3.8, 4) is 0 Å². The van der Waals surface area contributed by atoms with Crippen molar-refractivity contribution in [1.29, 1.82) is 0 Å². The third-order valence-corrected chi connectivity index (χ3v) is 5.71. The van der Waals surface area contributed by atoms with Gasteiger partial charge >= 0.3 is 0 Å². The van der Waals surface area contributed by atoms with E-state index >= 15 is 0 Å². The summed E-state index contributed by atoms with van der Waals surface area (Å²) in [5, 5.41) is 10.8. The molecule has 27 heavy (non-hydrogen) atoms. The van der Waals surface area contributed by atoms with E-state index in [1.54, 1.807) is 0 Å². The first kappa shape index (κ1) is 19.7. The molecular formula is C24H35N2O+. The SMILES string of the molecule is CCCCCCn1cccc1C1=C(O)C(=C2C=CC=[N+]2CCCCCC)C1. The van der Waals surface area contributed by atoms with E-state index in [1.807, 2.05) is 0 Å². The molecule has 1 aliphatic carbocycles. The van der Waals surface area contributed by atoms with E-state index in [-0.39, 0.29) is 0 Å². The van der Waals surface area contributed by atoms with Gasteiger partial charge in [-0.15, -0.1) is 0 Å². The van der Waals surface area contributed by atoms with E-state index in [9.17, 15) is 5.11 Å². The monoisotopic (exact) mass is 367 g/mol. The number of rotatable bonds is 11. The van der Waals surface area contributed by atoms with Crippen molar-refractivity contribution in [2.75, 3.05) is 6.54 Å². The molecule has 0 atom stereocenters. The molecule has 0 spiro atoms. The van der Waals surface area contributed by atoms with Crippen LogP contribution in [0, 0.1) is 0 Å². The number of aliphatic hydroxyl groups is 1. The molecule has 1 aliphatic heterocycles. The Balaban J connectivity index is 1.67. The fourth-order valence-corrected chi connectivity index (χ4v) is 4.03. The van der Waals surface area contributed by atoms with Gasteiger partial charge in [-0.2, -0.15) is 4.58 Å². The van der Waals surface area contributed by atoms with Gasteiger partial charge in [-0.25, -0.2) is 0 Å². The minimum atomic E-state index is 0.497. The molecule has 1 aromatic heterocycles. The lowest BCUT2D eigenvalue weighted by atomic mass is 9.86. The molecule has 2 aliphatic rings. The van der Waals surface area contributed by atoms with Gasteiger partial charge in [0.25, 0.3) is 0 Å². The number of nitrogens with zero attached hydrogens (tertiary/aromatic N) is 2. The molecule has 0 bridgehead atoms. The zero-order chi connectivity index (χ0) is 19.1. The maximum absolute atomic E-state index is 10.8. The summed E-state index contributed by atoms with van der Waals surface area (Å²) in [4.78, 5) is 0. The van der Waals surface area contributed by atoms with Crippen LogP contribution in [0.15, 0.2) is 47.5 Å². The first-order chi connectivity index (χ1) is 13.3. The summed E-state index contributed by atoms with van der Waals surface area (Å²) in [6, 6.07) is 4.25. The van der Waals surface area contributed by atoms with Gasteiger partial charge in [-0.3, -0.25) is 0 Å². The summed E-state index contributed by atoms with van der Waals surface area (Å²) in [5.74, 6) is 0.497. The number of aryl methyl sites for hydroxylation is 1. The molecular weight excluding hydrogens is 332 g/mol. The molecule has 0 radical (unpaired) electrons. The van der Waals surface area contributed by atoms with Gasteiger partial charge in [0.05, 0.1) is 5.57 Å². The molecule has 0 amide bonds. The molecule has 1 aromatic rings. The molecule has 2 heterocycles. The Morgan fingerprint density at radius 3 is 2.52 bits per heavy atom. The molecule has 3 nitrogen and oxygen atoms in total. The van der Waals surface area contributed by atoms with Crippen LogP contribution < -0.4 is 0 Å². The first-order valence-corrected chi connectivity index (χ1v) is 10.9. The Morgan fingerprint density at radius 2 is 1.78 bits per heavy atom. The Bertz CT molecular complexity index is 761. The van der Waals surface area contributed by atoms with Crippen LogP contribution in [-0.4, -0.2) is 27.0 Å². The molecule has 1 N–H and O–H groups in total. The second-order valence-electron chi connectivity index (χ2n) is 7.78. The summed E-state index contributed by atoms with van der Waals surface area (Å²) >= 11 is 0. The van der Waals surface area contributed by atoms with E-state index in [0.29, 0.717) is 5.76 Å². The Labute approximate surface area is 164 Å². The normalized spacial score (nSPS) is 19.0. The van der Waals surface area contributed by atoms with Crippen LogP contribution in [0.2, 0.25) is 0 Å². The maximum Gasteiger partial charge on any atom is 0.212 e. The zero-order valence-electron chi connectivity index (χ0n) is 17.1. The van der Waals surface area contributed by atoms with Crippen molar-refractivity contribution in [2.45, 2.75) is 78.2 Å². The number of unbranched alkanes of at least 4 members (excludes halogenated alkanes) is 6. The number of allylic oxidation sites excluding steroid dienone is 4. The van der Waals surface area contributed by atoms with Crippen molar-refractivity contribution in [2.24, 2.45) is 0 Å². The Hall–Kier alpha value is -2.03. The second-order valence-corrected chi connectivity index (χ2v) is 7.78. The summed E-state index contributed by atoms with van der Waals surface area (Å²) < 4.78 is 4.61. The van der Waals surface area contributed by atoms with E-state index < -0.39 is 0 Å². The predicted molar refractivity (Wildman–Crippen MR) is 114 cm³/mol. The molecule has 3 rings (SSSR count). The van der Waals surface area contributed by atoms with Crippen LogP contribution in [-0.2, 0) is 6.54 Å². The van der Waals surface area contributed by atoms with Gasteiger partial charge in [0.15, 0.2) is 6.21 Å². The van der Waals surface area contributed by atoms with Crippen molar-refractivity contribution in [1.82, 2.24) is 4.57 Å². The smallest absolute Gasteiger partial charge is 0.212 e. The molecule has 0 aromatic carbocycles. The predicted octanol–water partition coefficient (Wildman–Crippen LogP) is 6.23. The lowest BCUT2D eigenvalue weighted by Gasteiger charge is -2.24. The van der Waals surface area contributed by atoms with Crippen LogP contribution in [0.1, 0.15) is 77.3 Å². The van der Waals surface area contributed by atoms with E-state index in [0.717, 1.165) is 30.7 Å². The van der Waals surface area contributed by atoms with E-state index in [1.165, 1.54) is 62.8 Å². The third-order valence-electron chi connectivity index (χ3n) is 5.71. The highest BCUT2D eigenvalue weighted by Gasteiger charge is 2.33. The molecule has 146 valence electrons. The van der Waals surface area contributed by atoms with Crippen LogP contribution >= 0.6 is 0 Å².